The second kappa shape index (κ2) is 7.07. The maximum atomic E-state index is 12.4. The van der Waals surface area contributed by atoms with E-state index in [0.29, 0.717) is 6.54 Å². The highest BCUT2D eigenvalue weighted by Gasteiger charge is 2.18. The molecule has 1 N–H and O–H groups in total. The van der Waals surface area contributed by atoms with Crippen molar-refractivity contribution in [2.45, 2.75) is 18.4 Å². The Hall–Kier alpha value is -2.03. The minimum atomic E-state index is -3.46. The lowest BCUT2D eigenvalue weighted by Gasteiger charge is -2.08. The Morgan fingerprint density at radius 1 is 1.20 bits per heavy atom. The number of hydrogen-bond donors (Lipinski definition) is 1. The molecule has 0 saturated heterocycles. The summed E-state index contributed by atoms with van der Waals surface area (Å²) in [5.74, 6) is -0.402. The molecule has 0 saturated carbocycles. The Morgan fingerprint density at radius 3 is 2.64 bits per heavy atom. The summed E-state index contributed by atoms with van der Waals surface area (Å²) in [6, 6.07) is 10.1. The lowest BCUT2D eigenvalue weighted by atomic mass is 10.2. The fourth-order valence-corrected chi connectivity index (χ4v) is 4.81. The third-order valence-electron chi connectivity index (χ3n) is 3.49. The van der Waals surface area contributed by atoms with Gasteiger partial charge in [-0.1, -0.05) is 12.1 Å². The molecule has 8 heteroatoms. The van der Waals surface area contributed by atoms with Crippen LogP contribution in [0.4, 0.5) is 0 Å². The summed E-state index contributed by atoms with van der Waals surface area (Å²) in [6.07, 6.45) is 1.10. The summed E-state index contributed by atoms with van der Waals surface area (Å²) in [6.45, 7) is 2.30. The molecule has 130 valence electrons. The molecule has 0 aliphatic carbocycles. The van der Waals surface area contributed by atoms with Gasteiger partial charge >= 0.3 is 0 Å². The highest BCUT2D eigenvalue weighted by atomic mass is 32.2. The number of carbonyl (C=O) groups excluding carboxylic acids is 1. The van der Waals surface area contributed by atoms with Crippen molar-refractivity contribution >= 4 is 38.4 Å². The van der Waals surface area contributed by atoms with Crippen LogP contribution in [0.25, 0.3) is 10.6 Å². The summed E-state index contributed by atoms with van der Waals surface area (Å²) in [5, 5.41) is 5.80. The van der Waals surface area contributed by atoms with E-state index in [1.165, 1.54) is 12.1 Å². The van der Waals surface area contributed by atoms with Gasteiger partial charge in [-0.15, -0.1) is 22.7 Å². The van der Waals surface area contributed by atoms with Gasteiger partial charge in [-0.2, -0.15) is 0 Å². The number of thiazole rings is 1. The van der Waals surface area contributed by atoms with E-state index in [9.17, 15) is 13.2 Å². The van der Waals surface area contributed by atoms with Gasteiger partial charge in [0.15, 0.2) is 9.84 Å². The van der Waals surface area contributed by atoms with E-state index in [2.05, 4.69) is 10.3 Å². The van der Waals surface area contributed by atoms with E-state index >= 15 is 0 Å². The third kappa shape index (κ3) is 4.15. The van der Waals surface area contributed by atoms with Crippen molar-refractivity contribution in [3.8, 4) is 10.6 Å². The molecule has 5 nitrogen and oxygen atoms in total. The SMILES string of the molecule is Cc1nc(-c2ccc(CNC(=O)c3ccccc3S(C)(=O)=O)s2)cs1. The maximum absolute atomic E-state index is 12.4. The molecule has 1 amide bonds. The lowest BCUT2D eigenvalue weighted by molar-refractivity contribution is 0.0948. The zero-order chi connectivity index (χ0) is 18.0. The second-order valence-corrected chi connectivity index (χ2v) is 9.68. The number of hydrogen-bond acceptors (Lipinski definition) is 6. The van der Waals surface area contributed by atoms with Gasteiger partial charge in [0.2, 0.25) is 0 Å². The van der Waals surface area contributed by atoms with Crippen LogP contribution in [-0.4, -0.2) is 25.6 Å². The predicted molar refractivity (Wildman–Crippen MR) is 101 cm³/mol. The van der Waals surface area contributed by atoms with Crippen molar-refractivity contribution in [3.05, 3.63) is 57.2 Å². The van der Waals surface area contributed by atoms with Gasteiger partial charge in [-0.25, -0.2) is 13.4 Å². The Bertz CT molecular complexity index is 1020. The van der Waals surface area contributed by atoms with Crippen LogP contribution in [-0.2, 0) is 16.4 Å². The van der Waals surface area contributed by atoms with Crippen molar-refractivity contribution in [3.63, 3.8) is 0 Å². The summed E-state index contributed by atoms with van der Waals surface area (Å²) in [4.78, 5) is 18.9. The highest BCUT2D eigenvalue weighted by molar-refractivity contribution is 7.90. The molecule has 2 aromatic heterocycles. The average molecular weight is 393 g/mol. The van der Waals surface area contributed by atoms with Gasteiger partial charge in [0.05, 0.1) is 32.6 Å². The molecule has 0 bridgehead atoms. The fourth-order valence-electron chi connectivity index (χ4n) is 2.33. The molecule has 0 radical (unpaired) electrons. The second-order valence-electron chi connectivity index (χ2n) is 5.47. The van der Waals surface area contributed by atoms with Crippen LogP contribution in [0.15, 0.2) is 46.7 Å². The summed E-state index contributed by atoms with van der Waals surface area (Å²) >= 11 is 3.15. The largest absolute Gasteiger partial charge is 0.347 e. The summed E-state index contributed by atoms with van der Waals surface area (Å²) in [7, 11) is -3.46. The number of benzene rings is 1. The molecular formula is C17H16N2O3S3. The zero-order valence-corrected chi connectivity index (χ0v) is 16.1. The van der Waals surface area contributed by atoms with Gasteiger partial charge in [0.25, 0.3) is 5.91 Å². The minimum Gasteiger partial charge on any atom is -0.347 e. The van der Waals surface area contributed by atoms with Crippen molar-refractivity contribution in [1.29, 1.82) is 0 Å². The number of carbonyl (C=O) groups is 1. The van der Waals surface area contributed by atoms with E-state index in [0.717, 1.165) is 26.7 Å². The topological polar surface area (TPSA) is 76.1 Å². The van der Waals surface area contributed by atoms with E-state index in [-0.39, 0.29) is 10.5 Å². The number of aromatic nitrogens is 1. The zero-order valence-electron chi connectivity index (χ0n) is 13.6. The van der Waals surface area contributed by atoms with Crippen molar-refractivity contribution in [1.82, 2.24) is 10.3 Å². The first kappa shape index (κ1) is 17.8. The molecule has 25 heavy (non-hydrogen) atoms. The normalized spacial score (nSPS) is 11.4. The smallest absolute Gasteiger partial charge is 0.252 e. The number of nitrogens with one attached hydrogen (secondary N) is 1. The number of aryl methyl sites for hydroxylation is 1. The molecule has 0 fully saturated rings. The molecule has 0 aliphatic heterocycles. The van der Waals surface area contributed by atoms with Gasteiger partial charge in [0.1, 0.15) is 0 Å². The molecule has 1 aromatic carbocycles. The first-order valence-corrected chi connectivity index (χ1v) is 11.0. The molecule has 0 aliphatic rings. The molecule has 3 rings (SSSR count). The van der Waals surface area contributed by atoms with Crippen LogP contribution in [0.5, 0.6) is 0 Å². The Kier molecular flexibility index (Phi) is 5.03. The predicted octanol–water partition coefficient (Wildman–Crippen LogP) is 3.51. The van der Waals surface area contributed by atoms with Crippen LogP contribution in [0.3, 0.4) is 0 Å². The Labute approximate surface area is 154 Å². The van der Waals surface area contributed by atoms with Gasteiger partial charge in [-0.05, 0) is 31.2 Å². The first-order chi connectivity index (χ1) is 11.8. The van der Waals surface area contributed by atoms with Crippen LogP contribution in [0.2, 0.25) is 0 Å². The van der Waals surface area contributed by atoms with Gasteiger partial charge < -0.3 is 5.32 Å². The molecular weight excluding hydrogens is 376 g/mol. The first-order valence-electron chi connectivity index (χ1n) is 7.43. The van der Waals surface area contributed by atoms with Gasteiger partial charge in [0, 0.05) is 16.5 Å². The minimum absolute atomic E-state index is 0.0392. The summed E-state index contributed by atoms with van der Waals surface area (Å²) < 4.78 is 23.6. The lowest BCUT2D eigenvalue weighted by Crippen LogP contribution is -2.24. The maximum Gasteiger partial charge on any atom is 0.252 e. The fraction of sp³-hybridized carbons (Fsp3) is 0.176. The van der Waals surface area contributed by atoms with E-state index in [1.807, 2.05) is 24.4 Å². The van der Waals surface area contributed by atoms with Crippen LogP contribution < -0.4 is 5.32 Å². The average Bonchev–Trinajstić information content (AvgIpc) is 3.20. The van der Waals surface area contributed by atoms with Crippen molar-refractivity contribution in [2.24, 2.45) is 0 Å². The number of nitrogens with zero attached hydrogens (tertiary/aromatic N) is 1. The Balaban J connectivity index is 1.73. The van der Waals surface area contributed by atoms with Crippen LogP contribution in [0, 0.1) is 6.92 Å². The molecule has 0 atom stereocenters. The third-order valence-corrected chi connectivity index (χ3v) is 6.52. The number of amides is 1. The quantitative estimate of drug-likeness (QED) is 0.721. The van der Waals surface area contributed by atoms with Gasteiger partial charge in [-0.3, -0.25) is 4.79 Å². The van der Waals surface area contributed by atoms with E-state index in [4.69, 9.17) is 0 Å². The molecule has 3 aromatic rings. The number of thiophene rings is 1. The molecule has 0 unspecified atom stereocenters. The van der Waals surface area contributed by atoms with Crippen molar-refractivity contribution < 1.29 is 13.2 Å². The summed E-state index contributed by atoms with van der Waals surface area (Å²) in [5.41, 5.74) is 1.10. The number of rotatable bonds is 5. The van der Waals surface area contributed by atoms with E-state index in [1.54, 1.807) is 34.8 Å². The molecule has 0 spiro atoms. The highest BCUT2D eigenvalue weighted by Crippen LogP contribution is 2.29. The Morgan fingerprint density at radius 2 is 1.96 bits per heavy atom. The van der Waals surface area contributed by atoms with Crippen molar-refractivity contribution in [2.75, 3.05) is 6.26 Å². The van der Waals surface area contributed by atoms with Crippen LogP contribution >= 0.6 is 22.7 Å². The van der Waals surface area contributed by atoms with Crippen LogP contribution in [0.1, 0.15) is 20.2 Å². The van der Waals surface area contributed by atoms with E-state index < -0.39 is 15.7 Å². The monoisotopic (exact) mass is 392 g/mol. The molecule has 2 heterocycles. The number of sulfone groups is 1. The standard InChI is InChI=1S/C17H16N2O3S3/c1-11-19-14(10-23-11)15-8-7-12(24-15)9-18-17(20)13-5-3-4-6-16(13)25(2,21)22/h3-8,10H,9H2,1-2H3,(H,18,20).